The molecule has 1 aromatic heterocycles. The quantitative estimate of drug-likeness (QED) is 0.605. The van der Waals surface area contributed by atoms with Crippen molar-refractivity contribution in [3.63, 3.8) is 0 Å². The van der Waals surface area contributed by atoms with Crippen LogP contribution < -0.4 is 5.32 Å². The Kier molecular flexibility index (Phi) is 4.07. The Labute approximate surface area is 93.1 Å². The number of aromatic nitrogens is 2. The molecule has 0 atom stereocenters. The molecule has 15 heavy (non-hydrogen) atoms. The van der Waals surface area contributed by atoms with Gasteiger partial charge in [0, 0.05) is 5.69 Å². The largest absolute Gasteiger partial charge is 0.340 e. The highest BCUT2D eigenvalue weighted by Crippen LogP contribution is 2.04. The SMILES string of the molecule is CC#CCNC(=O)c1cc(C)nc(Cl)n1. The molecule has 0 aliphatic carbocycles. The van der Waals surface area contributed by atoms with Gasteiger partial charge in [-0.25, -0.2) is 9.97 Å². The molecule has 1 amide bonds. The lowest BCUT2D eigenvalue weighted by Gasteiger charge is -2.01. The molecule has 0 aliphatic heterocycles. The number of halogens is 1. The van der Waals surface area contributed by atoms with E-state index in [0.717, 1.165) is 0 Å². The summed E-state index contributed by atoms with van der Waals surface area (Å²) in [7, 11) is 0. The number of nitrogens with one attached hydrogen (secondary N) is 1. The molecule has 5 heteroatoms. The van der Waals surface area contributed by atoms with Crippen molar-refractivity contribution in [2.24, 2.45) is 0 Å². The van der Waals surface area contributed by atoms with Crippen molar-refractivity contribution in [1.29, 1.82) is 0 Å². The number of amides is 1. The topological polar surface area (TPSA) is 54.9 Å². The van der Waals surface area contributed by atoms with E-state index in [1.807, 2.05) is 0 Å². The highest BCUT2D eigenvalue weighted by atomic mass is 35.5. The number of hydrogen-bond donors (Lipinski definition) is 1. The Bertz CT molecular complexity index is 414. The fourth-order valence-corrected chi connectivity index (χ4v) is 1.18. The Hall–Kier alpha value is -1.60. The van der Waals surface area contributed by atoms with Crippen molar-refractivity contribution in [3.8, 4) is 11.8 Å². The van der Waals surface area contributed by atoms with Crippen molar-refractivity contribution in [1.82, 2.24) is 15.3 Å². The molecule has 1 rings (SSSR count). The van der Waals surface area contributed by atoms with Crippen LogP contribution in [-0.4, -0.2) is 22.4 Å². The first-order valence-electron chi connectivity index (χ1n) is 4.32. The number of carbonyl (C=O) groups excluding carboxylic acids is 1. The average Bonchev–Trinajstić information content (AvgIpc) is 2.16. The maximum Gasteiger partial charge on any atom is 0.270 e. The molecule has 78 valence electrons. The number of aryl methyl sites for hydroxylation is 1. The van der Waals surface area contributed by atoms with Crippen LogP contribution in [0, 0.1) is 18.8 Å². The monoisotopic (exact) mass is 223 g/mol. The first kappa shape index (κ1) is 11.5. The minimum absolute atomic E-state index is 0.0710. The molecule has 0 unspecified atom stereocenters. The maximum absolute atomic E-state index is 11.5. The molecule has 4 nitrogen and oxygen atoms in total. The Morgan fingerprint density at radius 1 is 1.60 bits per heavy atom. The van der Waals surface area contributed by atoms with E-state index in [1.54, 1.807) is 19.9 Å². The molecule has 0 aromatic carbocycles. The Balaban J connectivity index is 2.76. The first-order chi connectivity index (χ1) is 7.13. The van der Waals surface area contributed by atoms with Gasteiger partial charge in [0.2, 0.25) is 5.28 Å². The van der Waals surface area contributed by atoms with Crippen LogP contribution in [0.4, 0.5) is 0 Å². The summed E-state index contributed by atoms with van der Waals surface area (Å²) in [6, 6.07) is 1.57. The summed E-state index contributed by atoms with van der Waals surface area (Å²) in [5, 5.41) is 2.66. The van der Waals surface area contributed by atoms with Gasteiger partial charge in [0.05, 0.1) is 6.54 Å². The average molecular weight is 224 g/mol. The van der Waals surface area contributed by atoms with Gasteiger partial charge in [0.15, 0.2) is 0 Å². The predicted molar refractivity (Wildman–Crippen MR) is 57.6 cm³/mol. The molecule has 1 aromatic rings. The van der Waals surface area contributed by atoms with Crippen molar-refractivity contribution < 1.29 is 4.79 Å². The molecule has 0 saturated heterocycles. The van der Waals surface area contributed by atoms with Crippen LogP contribution in [0.15, 0.2) is 6.07 Å². The lowest BCUT2D eigenvalue weighted by Crippen LogP contribution is -2.24. The summed E-state index contributed by atoms with van der Waals surface area (Å²) >= 11 is 5.63. The van der Waals surface area contributed by atoms with Gasteiger partial charge < -0.3 is 5.32 Å². The fraction of sp³-hybridized carbons (Fsp3) is 0.300. The number of carbonyl (C=O) groups is 1. The smallest absolute Gasteiger partial charge is 0.270 e. The lowest BCUT2D eigenvalue weighted by atomic mass is 10.3. The van der Waals surface area contributed by atoms with Gasteiger partial charge in [0.25, 0.3) is 5.91 Å². The van der Waals surface area contributed by atoms with Crippen LogP contribution in [0.25, 0.3) is 0 Å². The van der Waals surface area contributed by atoms with Crippen LogP contribution in [0.5, 0.6) is 0 Å². The van der Waals surface area contributed by atoms with E-state index in [4.69, 9.17) is 11.6 Å². The van der Waals surface area contributed by atoms with E-state index in [9.17, 15) is 4.79 Å². The van der Waals surface area contributed by atoms with Gasteiger partial charge in [-0.15, -0.1) is 5.92 Å². The molecular formula is C10H10ClN3O. The summed E-state index contributed by atoms with van der Waals surface area (Å²) < 4.78 is 0. The predicted octanol–water partition coefficient (Wildman–Crippen LogP) is 1.19. The Morgan fingerprint density at radius 3 is 2.93 bits per heavy atom. The van der Waals surface area contributed by atoms with Gasteiger partial charge >= 0.3 is 0 Å². The van der Waals surface area contributed by atoms with Crippen molar-refractivity contribution in [2.75, 3.05) is 6.54 Å². The number of rotatable bonds is 2. The summed E-state index contributed by atoms with van der Waals surface area (Å²) in [5.41, 5.74) is 0.909. The second kappa shape index (κ2) is 5.32. The van der Waals surface area contributed by atoms with E-state index >= 15 is 0 Å². The van der Waals surface area contributed by atoms with Crippen LogP contribution in [0.1, 0.15) is 23.1 Å². The third-order valence-corrected chi connectivity index (χ3v) is 1.74. The van der Waals surface area contributed by atoms with Crippen LogP contribution >= 0.6 is 11.6 Å². The highest BCUT2D eigenvalue weighted by molar-refractivity contribution is 6.28. The van der Waals surface area contributed by atoms with E-state index < -0.39 is 0 Å². The number of hydrogen-bond acceptors (Lipinski definition) is 3. The molecule has 1 heterocycles. The second-order valence-electron chi connectivity index (χ2n) is 2.77. The minimum atomic E-state index is -0.301. The van der Waals surface area contributed by atoms with Gasteiger partial charge in [-0.2, -0.15) is 0 Å². The number of nitrogens with zero attached hydrogens (tertiary/aromatic N) is 2. The van der Waals surface area contributed by atoms with Crippen LogP contribution in [-0.2, 0) is 0 Å². The van der Waals surface area contributed by atoms with Gasteiger partial charge in [-0.1, -0.05) is 5.92 Å². The van der Waals surface area contributed by atoms with Gasteiger partial charge in [0.1, 0.15) is 5.69 Å². The molecule has 0 saturated carbocycles. The van der Waals surface area contributed by atoms with Crippen molar-refractivity contribution >= 4 is 17.5 Å². The maximum atomic E-state index is 11.5. The lowest BCUT2D eigenvalue weighted by molar-refractivity contribution is 0.0953. The van der Waals surface area contributed by atoms with Crippen molar-refractivity contribution in [2.45, 2.75) is 13.8 Å². The highest BCUT2D eigenvalue weighted by Gasteiger charge is 2.08. The molecule has 1 N–H and O–H groups in total. The zero-order valence-corrected chi connectivity index (χ0v) is 9.22. The summed E-state index contributed by atoms with van der Waals surface area (Å²) in [6.45, 7) is 3.75. The van der Waals surface area contributed by atoms with Gasteiger partial charge in [-0.3, -0.25) is 4.79 Å². The van der Waals surface area contributed by atoms with E-state index in [0.29, 0.717) is 12.2 Å². The molecule has 0 aliphatic rings. The van der Waals surface area contributed by atoms with Gasteiger partial charge in [-0.05, 0) is 31.5 Å². The fourth-order valence-electron chi connectivity index (χ4n) is 0.952. The third kappa shape index (κ3) is 3.56. The summed E-state index contributed by atoms with van der Waals surface area (Å²) in [4.78, 5) is 19.2. The van der Waals surface area contributed by atoms with Crippen molar-refractivity contribution in [3.05, 3.63) is 22.7 Å². The van der Waals surface area contributed by atoms with Crippen LogP contribution in [0.3, 0.4) is 0 Å². The molecule has 0 fully saturated rings. The van der Waals surface area contributed by atoms with E-state index in [-0.39, 0.29) is 16.9 Å². The third-order valence-electron chi connectivity index (χ3n) is 1.57. The summed E-state index contributed by atoms with van der Waals surface area (Å²) in [6.07, 6.45) is 0. The minimum Gasteiger partial charge on any atom is -0.340 e. The summed E-state index contributed by atoms with van der Waals surface area (Å²) in [5.74, 6) is 5.09. The zero-order chi connectivity index (χ0) is 11.3. The van der Waals surface area contributed by atoms with E-state index in [1.165, 1.54) is 0 Å². The standard InChI is InChI=1S/C10H10ClN3O/c1-3-4-5-12-9(15)8-6-7(2)13-10(11)14-8/h6H,5H2,1-2H3,(H,12,15). The zero-order valence-electron chi connectivity index (χ0n) is 8.47. The normalized spacial score (nSPS) is 9.00. The van der Waals surface area contributed by atoms with E-state index in [2.05, 4.69) is 27.1 Å². The van der Waals surface area contributed by atoms with Crippen LogP contribution in [0.2, 0.25) is 5.28 Å². The second-order valence-corrected chi connectivity index (χ2v) is 3.11. The molecular weight excluding hydrogens is 214 g/mol. The first-order valence-corrected chi connectivity index (χ1v) is 4.70. The molecule has 0 radical (unpaired) electrons. The molecule has 0 bridgehead atoms. The molecule has 0 spiro atoms. The Morgan fingerprint density at radius 2 is 2.33 bits per heavy atom.